The molecule has 1 aromatic carbocycles. The summed E-state index contributed by atoms with van der Waals surface area (Å²) in [4.78, 5) is 38.1. The molecule has 0 bridgehead atoms. The van der Waals surface area contributed by atoms with Crippen molar-refractivity contribution < 1.29 is 4.79 Å². The second-order valence-corrected chi connectivity index (χ2v) is 7.16. The summed E-state index contributed by atoms with van der Waals surface area (Å²) in [5.41, 5.74) is -0.774. The van der Waals surface area contributed by atoms with E-state index in [1.54, 1.807) is 35.6 Å². The Bertz CT molecular complexity index is 1000. The van der Waals surface area contributed by atoms with Gasteiger partial charge in [0.15, 0.2) is 0 Å². The van der Waals surface area contributed by atoms with Crippen LogP contribution in [-0.4, -0.2) is 15.7 Å². The molecule has 2 heterocycles. The van der Waals surface area contributed by atoms with Crippen molar-refractivity contribution in [1.82, 2.24) is 15.1 Å². The van der Waals surface area contributed by atoms with Gasteiger partial charge in [-0.1, -0.05) is 32.0 Å². The molecule has 6 nitrogen and oxygen atoms in total. The number of nitrogens with zero attached hydrogens (tertiary/aromatic N) is 1. The van der Waals surface area contributed by atoms with Crippen molar-refractivity contribution in [2.45, 2.75) is 26.4 Å². The van der Waals surface area contributed by atoms with Crippen LogP contribution in [0.1, 0.15) is 24.8 Å². The molecule has 0 aliphatic rings. The fourth-order valence-electron chi connectivity index (χ4n) is 2.76. The van der Waals surface area contributed by atoms with Crippen LogP contribution >= 0.6 is 11.3 Å². The second-order valence-electron chi connectivity index (χ2n) is 6.18. The number of nitrogens with one attached hydrogen (secondary N) is 2. The average molecular weight is 357 g/mol. The Morgan fingerprint density at radius 1 is 1.16 bits per heavy atom. The largest absolute Gasteiger partial charge is 0.347 e. The van der Waals surface area contributed by atoms with E-state index in [9.17, 15) is 14.4 Å². The van der Waals surface area contributed by atoms with Gasteiger partial charge in [-0.25, -0.2) is 4.68 Å². The minimum atomic E-state index is -0.387. The third-order valence-corrected chi connectivity index (χ3v) is 4.97. The molecule has 0 radical (unpaired) electrons. The SMILES string of the molecule is CC(C)[C@@H](NC(=O)Cn1[nH]c(=O)c2ccccc2c1=O)c1cccs1. The topological polar surface area (TPSA) is 84.0 Å². The highest BCUT2D eigenvalue weighted by Crippen LogP contribution is 2.25. The Labute approximate surface area is 148 Å². The molecular weight excluding hydrogens is 338 g/mol. The number of fused-ring (bicyclic) bond motifs is 1. The van der Waals surface area contributed by atoms with Crippen molar-refractivity contribution in [2.24, 2.45) is 5.92 Å². The maximum Gasteiger partial charge on any atom is 0.273 e. The highest BCUT2D eigenvalue weighted by molar-refractivity contribution is 7.10. The number of hydrogen-bond acceptors (Lipinski definition) is 4. The molecule has 25 heavy (non-hydrogen) atoms. The molecule has 0 saturated carbocycles. The molecule has 0 aliphatic heterocycles. The summed E-state index contributed by atoms with van der Waals surface area (Å²) >= 11 is 1.57. The molecule has 0 fully saturated rings. The predicted octanol–water partition coefficient (Wildman–Crippen LogP) is 2.26. The molecule has 130 valence electrons. The number of H-pyrrole nitrogens is 1. The first-order valence-corrected chi connectivity index (χ1v) is 8.90. The Morgan fingerprint density at radius 2 is 1.88 bits per heavy atom. The second kappa shape index (κ2) is 7.06. The number of carbonyl (C=O) groups excluding carboxylic acids is 1. The maximum atomic E-state index is 12.5. The van der Waals surface area contributed by atoms with Gasteiger partial charge in [-0.15, -0.1) is 11.3 Å². The normalized spacial score (nSPS) is 12.4. The van der Waals surface area contributed by atoms with Crippen molar-refractivity contribution in [3.63, 3.8) is 0 Å². The lowest BCUT2D eigenvalue weighted by molar-refractivity contribution is -0.123. The van der Waals surface area contributed by atoms with Gasteiger partial charge in [0.25, 0.3) is 11.1 Å². The van der Waals surface area contributed by atoms with Crippen molar-refractivity contribution in [3.05, 3.63) is 67.4 Å². The van der Waals surface area contributed by atoms with Crippen LogP contribution in [0.25, 0.3) is 10.8 Å². The number of hydrogen-bond donors (Lipinski definition) is 2. The van der Waals surface area contributed by atoms with Gasteiger partial charge >= 0.3 is 0 Å². The van der Waals surface area contributed by atoms with Gasteiger partial charge in [0.2, 0.25) is 5.91 Å². The van der Waals surface area contributed by atoms with Gasteiger partial charge in [-0.05, 0) is 29.5 Å². The van der Waals surface area contributed by atoms with Crippen LogP contribution < -0.4 is 16.4 Å². The number of aromatic nitrogens is 2. The van der Waals surface area contributed by atoms with E-state index in [2.05, 4.69) is 10.4 Å². The van der Waals surface area contributed by atoms with Crippen LogP contribution in [0, 0.1) is 5.92 Å². The van der Waals surface area contributed by atoms with Crippen molar-refractivity contribution in [2.75, 3.05) is 0 Å². The molecule has 1 amide bonds. The average Bonchev–Trinajstić information content (AvgIpc) is 3.11. The van der Waals surface area contributed by atoms with Crippen LogP contribution in [0.3, 0.4) is 0 Å². The quantitative estimate of drug-likeness (QED) is 0.735. The van der Waals surface area contributed by atoms with Gasteiger partial charge in [-0.2, -0.15) is 0 Å². The van der Waals surface area contributed by atoms with Crippen LogP contribution in [0.5, 0.6) is 0 Å². The van der Waals surface area contributed by atoms with Crippen LogP contribution in [-0.2, 0) is 11.3 Å². The number of amides is 1. The number of rotatable bonds is 5. The zero-order valence-electron chi connectivity index (χ0n) is 14.0. The molecule has 2 aromatic heterocycles. The molecule has 3 aromatic rings. The van der Waals surface area contributed by atoms with Gasteiger partial charge in [0, 0.05) is 4.88 Å². The molecule has 2 N–H and O–H groups in total. The van der Waals surface area contributed by atoms with Crippen molar-refractivity contribution >= 4 is 28.0 Å². The minimum Gasteiger partial charge on any atom is -0.347 e. The van der Waals surface area contributed by atoms with Crippen LogP contribution in [0.15, 0.2) is 51.4 Å². The van der Waals surface area contributed by atoms with Crippen molar-refractivity contribution in [1.29, 1.82) is 0 Å². The predicted molar refractivity (Wildman–Crippen MR) is 98.9 cm³/mol. The van der Waals surface area contributed by atoms with E-state index in [4.69, 9.17) is 0 Å². The van der Waals surface area contributed by atoms with Gasteiger partial charge in [0.1, 0.15) is 6.54 Å². The van der Waals surface area contributed by atoms with E-state index in [0.717, 1.165) is 9.56 Å². The molecule has 0 unspecified atom stereocenters. The molecule has 3 rings (SSSR count). The maximum absolute atomic E-state index is 12.5. The number of thiophene rings is 1. The van der Waals surface area contributed by atoms with E-state index >= 15 is 0 Å². The highest BCUT2D eigenvalue weighted by atomic mass is 32.1. The molecule has 0 aliphatic carbocycles. The fourth-order valence-corrected chi connectivity index (χ4v) is 3.70. The fraction of sp³-hybridized carbons (Fsp3) is 0.278. The zero-order valence-corrected chi connectivity index (χ0v) is 14.8. The van der Waals surface area contributed by atoms with Gasteiger partial charge in [-0.3, -0.25) is 19.5 Å². The van der Waals surface area contributed by atoms with E-state index in [1.807, 2.05) is 31.4 Å². The first kappa shape index (κ1) is 17.2. The lowest BCUT2D eigenvalue weighted by Crippen LogP contribution is -2.39. The van der Waals surface area contributed by atoms with Gasteiger partial charge in [0.05, 0.1) is 16.8 Å². The van der Waals surface area contributed by atoms with E-state index < -0.39 is 0 Å². The van der Waals surface area contributed by atoms with Crippen molar-refractivity contribution in [3.8, 4) is 0 Å². The summed E-state index contributed by atoms with van der Waals surface area (Å²) in [6.45, 7) is 3.82. The van der Waals surface area contributed by atoms with E-state index in [0.29, 0.717) is 10.8 Å². The Morgan fingerprint density at radius 3 is 2.52 bits per heavy atom. The summed E-state index contributed by atoms with van der Waals surface area (Å²) in [5.74, 6) is -0.116. The Kier molecular flexibility index (Phi) is 4.85. The number of benzene rings is 1. The lowest BCUT2D eigenvalue weighted by Gasteiger charge is -2.21. The molecule has 1 atom stereocenters. The standard InChI is InChI=1S/C18H19N3O3S/c1-11(2)16(14-8-5-9-25-14)19-15(22)10-21-18(24)13-7-4-3-6-12(13)17(23)20-21/h3-9,11,16H,10H2,1-2H3,(H,19,22)(H,20,23)/t16-/m1/s1. The highest BCUT2D eigenvalue weighted by Gasteiger charge is 2.20. The molecule has 0 spiro atoms. The minimum absolute atomic E-state index is 0.129. The summed E-state index contributed by atoms with van der Waals surface area (Å²) < 4.78 is 1.06. The lowest BCUT2D eigenvalue weighted by atomic mass is 10.0. The number of carbonyl (C=O) groups is 1. The summed E-state index contributed by atoms with van der Waals surface area (Å²) in [5, 5.41) is 8.01. The molecular formula is C18H19N3O3S. The monoisotopic (exact) mass is 357 g/mol. The molecule has 7 heteroatoms. The molecule has 0 saturated heterocycles. The number of aromatic amines is 1. The third kappa shape index (κ3) is 3.56. The first-order valence-electron chi connectivity index (χ1n) is 8.02. The zero-order chi connectivity index (χ0) is 18.0. The third-order valence-electron chi connectivity index (χ3n) is 4.02. The van der Waals surface area contributed by atoms with Crippen LogP contribution in [0.4, 0.5) is 0 Å². The summed E-state index contributed by atoms with van der Waals surface area (Å²) in [7, 11) is 0. The van der Waals surface area contributed by atoms with Crippen LogP contribution in [0.2, 0.25) is 0 Å². The Balaban J connectivity index is 1.86. The van der Waals surface area contributed by atoms with E-state index in [1.165, 1.54) is 0 Å². The Hall–Kier alpha value is -2.67. The van der Waals surface area contributed by atoms with Gasteiger partial charge < -0.3 is 5.32 Å². The first-order chi connectivity index (χ1) is 12.0. The summed E-state index contributed by atoms with van der Waals surface area (Å²) in [6.07, 6.45) is 0. The van der Waals surface area contributed by atoms with E-state index in [-0.39, 0.29) is 35.5 Å². The summed E-state index contributed by atoms with van der Waals surface area (Å²) in [6, 6.07) is 10.3. The smallest absolute Gasteiger partial charge is 0.273 e.